The minimum Gasteiger partial charge on any atom is -0.507 e. The van der Waals surface area contributed by atoms with Crippen molar-refractivity contribution in [2.45, 2.75) is 19.2 Å². The van der Waals surface area contributed by atoms with Crippen molar-refractivity contribution in [1.82, 2.24) is 9.99 Å². The number of ether oxygens (including phenoxy) is 2. The number of aromatic nitrogens is 1. The molecule has 214 valence electrons. The van der Waals surface area contributed by atoms with E-state index in [-0.39, 0.29) is 23.7 Å². The Morgan fingerprint density at radius 2 is 1.81 bits per heavy atom. The third-order valence-corrected chi connectivity index (χ3v) is 7.50. The lowest BCUT2D eigenvalue weighted by Gasteiger charge is -2.24. The minimum absolute atomic E-state index is 0.0650. The summed E-state index contributed by atoms with van der Waals surface area (Å²) in [7, 11) is 1.46. The Morgan fingerprint density at radius 3 is 2.52 bits per heavy atom. The first-order valence-corrected chi connectivity index (χ1v) is 13.8. The second kappa shape index (κ2) is 12.3. The number of thioether (sulfide) groups is 1. The van der Waals surface area contributed by atoms with Gasteiger partial charge in [0.1, 0.15) is 27.8 Å². The summed E-state index contributed by atoms with van der Waals surface area (Å²) in [6.07, 6.45) is 0. The average molecular weight is 587 g/mol. The van der Waals surface area contributed by atoms with E-state index in [1.807, 2.05) is 19.9 Å². The summed E-state index contributed by atoms with van der Waals surface area (Å²) in [5, 5.41) is 18.7. The van der Waals surface area contributed by atoms with Crippen LogP contribution in [0.2, 0.25) is 0 Å². The molecular weight excluding hydrogens is 559 g/mol. The summed E-state index contributed by atoms with van der Waals surface area (Å²) < 4.78 is 25.2. The van der Waals surface area contributed by atoms with Gasteiger partial charge in [0.25, 0.3) is 11.8 Å². The summed E-state index contributed by atoms with van der Waals surface area (Å²) in [6, 6.07) is 20.8. The number of rotatable bonds is 8. The zero-order valence-corrected chi connectivity index (χ0v) is 23.8. The van der Waals surface area contributed by atoms with Crippen LogP contribution < -0.4 is 14.8 Å². The lowest BCUT2D eigenvalue weighted by Crippen LogP contribution is -2.26. The zero-order valence-electron chi connectivity index (χ0n) is 23.0. The second-order valence-electron chi connectivity index (χ2n) is 9.44. The van der Waals surface area contributed by atoms with Gasteiger partial charge in [-0.15, -0.1) is 0 Å². The number of pyridine rings is 1. The highest BCUT2D eigenvalue weighted by Gasteiger charge is 2.37. The molecule has 11 heteroatoms. The third kappa shape index (κ3) is 6.21. The number of aryl methyl sites for hydroxylation is 2. The van der Waals surface area contributed by atoms with Crippen LogP contribution in [-0.2, 0) is 4.79 Å². The molecule has 0 saturated carbocycles. The van der Waals surface area contributed by atoms with Gasteiger partial charge >= 0.3 is 0 Å². The van der Waals surface area contributed by atoms with Crippen LogP contribution in [0.5, 0.6) is 17.2 Å². The predicted octanol–water partition coefficient (Wildman–Crippen LogP) is 5.82. The normalized spacial score (nSPS) is 14.3. The lowest BCUT2D eigenvalue weighted by atomic mass is 10.1. The number of nitrogens with one attached hydrogen (secondary N) is 1. The molecule has 0 saturated heterocycles. The molecule has 5 rings (SSSR count). The molecule has 0 aliphatic carbocycles. The molecule has 42 heavy (non-hydrogen) atoms. The largest absolute Gasteiger partial charge is 0.507 e. The number of para-hydroxylation sites is 2. The molecule has 4 aromatic rings. The van der Waals surface area contributed by atoms with E-state index in [1.165, 1.54) is 48.1 Å². The van der Waals surface area contributed by atoms with Gasteiger partial charge in [0.2, 0.25) is 0 Å². The number of methoxy groups -OCH3 is 1. The number of benzene rings is 3. The van der Waals surface area contributed by atoms with Gasteiger partial charge in [0, 0.05) is 16.8 Å². The lowest BCUT2D eigenvalue weighted by molar-refractivity contribution is -0.118. The summed E-state index contributed by atoms with van der Waals surface area (Å²) >= 11 is 1.25. The van der Waals surface area contributed by atoms with E-state index < -0.39 is 23.0 Å². The van der Waals surface area contributed by atoms with Crippen LogP contribution in [0.15, 0.2) is 84.0 Å². The van der Waals surface area contributed by atoms with Gasteiger partial charge in [-0.05, 0) is 74.0 Å². The van der Waals surface area contributed by atoms with Crippen molar-refractivity contribution in [3.8, 4) is 17.2 Å². The topological polar surface area (TPSA) is 113 Å². The summed E-state index contributed by atoms with van der Waals surface area (Å²) in [4.78, 5) is 30.6. The Bertz CT molecular complexity index is 1660. The zero-order chi connectivity index (χ0) is 29.8. The number of halogens is 1. The van der Waals surface area contributed by atoms with Crippen molar-refractivity contribution < 1.29 is 28.6 Å². The van der Waals surface area contributed by atoms with Crippen LogP contribution in [0, 0.1) is 19.7 Å². The maximum atomic E-state index is 13.7. The highest BCUT2D eigenvalue weighted by molar-refractivity contribution is 8.14. The molecule has 2 amide bonds. The van der Waals surface area contributed by atoms with Crippen molar-refractivity contribution in [3.05, 3.63) is 113 Å². The van der Waals surface area contributed by atoms with Gasteiger partial charge in [0.05, 0.1) is 12.7 Å². The number of hydrogen-bond donors (Lipinski definition) is 2. The van der Waals surface area contributed by atoms with E-state index >= 15 is 0 Å². The van der Waals surface area contributed by atoms with Gasteiger partial charge in [-0.25, -0.2) is 14.4 Å². The number of carbonyl (C=O) groups excluding carboxylic acids is 2. The van der Waals surface area contributed by atoms with Crippen molar-refractivity contribution in [3.63, 3.8) is 0 Å². The molecule has 1 aromatic heterocycles. The van der Waals surface area contributed by atoms with Crippen LogP contribution in [0.1, 0.15) is 38.1 Å². The number of carbonyl (C=O) groups is 2. The van der Waals surface area contributed by atoms with Gasteiger partial charge in [-0.2, -0.15) is 5.10 Å². The van der Waals surface area contributed by atoms with Crippen molar-refractivity contribution in [1.29, 1.82) is 0 Å². The molecule has 1 atom stereocenters. The fraction of sp³-hybridized carbons (Fsp3) is 0.161. The van der Waals surface area contributed by atoms with E-state index in [4.69, 9.17) is 9.47 Å². The Balaban J connectivity index is 1.43. The minimum atomic E-state index is -0.732. The van der Waals surface area contributed by atoms with Gasteiger partial charge < -0.3 is 19.9 Å². The molecule has 1 aliphatic heterocycles. The average Bonchev–Trinajstić information content (AvgIpc) is 3.41. The molecule has 3 aromatic carbocycles. The summed E-state index contributed by atoms with van der Waals surface area (Å²) in [6.45, 7) is 3.44. The smallest absolute Gasteiger partial charge is 0.279 e. The number of amides is 2. The molecule has 0 bridgehead atoms. The molecule has 1 unspecified atom stereocenters. The molecule has 0 radical (unpaired) electrons. The van der Waals surface area contributed by atoms with Crippen LogP contribution in [0.3, 0.4) is 0 Å². The molecular formula is C31H27FN4O5S. The van der Waals surface area contributed by atoms with Crippen molar-refractivity contribution in [2.75, 3.05) is 19.0 Å². The van der Waals surface area contributed by atoms with Crippen LogP contribution in [-0.4, -0.2) is 45.7 Å². The first kappa shape index (κ1) is 28.6. The molecule has 2 N–H and O–H groups in total. The number of phenols is 1. The number of hydrogen-bond acceptors (Lipinski definition) is 8. The number of nitrogens with zero attached hydrogens (tertiary/aromatic N) is 3. The van der Waals surface area contributed by atoms with E-state index in [0.29, 0.717) is 27.7 Å². The van der Waals surface area contributed by atoms with Crippen LogP contribution in [0.4, 0.5) is 10.2 Å². The van der Waals surface area contributed by atoms with Crippen LogP contribution in [0.25, 0.3) is 0 Å². The maximum Gasteiger partial charge on any atom is 0.279 e. The fourth-order valence-corrected chi connectivity index (χ4v) is 5.63. The van der Waals surface area contributed by atoms with E-state index in [2.05, 4.69) is 15.4 Å². The standard InChI is InChI=1S/C31H27FN4O5S/c1-18-15-19(2)33-26(16-18)34-27(38)17-41-25-10-6-8-23(28(25)40-3)31-36(30(39)22-7-4-5-9-24(22)37)35-29(42-31)20-11-13-21(32)14-12-20/h4-16,31,37H,17H2,1-3H3,(H,33,34,38). The van der Waals surface area contributed by atoms with Gasteiger partial charge in [0.15, 0.2) is 18.1 Å². The quantitative estimate of drug-likeness (QED) is 0.268. The van der Waals surface area contributed by atoms with Gasteiger partial charge in [-0.3, -0.25) is 9.59 Å². The first-order chi connectivity index (χ1) is 20.2. The monoisotopic (exact) mass is 586 g/mol. The maximum absolute atomic E-state index is 13.7. The Morgan fingerprint density at radius 1 is 1.05 bits per heavy atom. The number of phenolic OH excluding ortho intramolecular Hbond substituents is 1. The van der Waals surface area contributed by atoms with E-state index in [9.17, 15) is 19.1 Å². The molecule has 2 heterocycles. The second-order valence-corrected chi connectivity index (χ2v) is 10.5. The van der Waals surface area contributed by atoms with Gasteiger partial charge in [-0.1, -0.05) is 36.0 Å². The SMILES string of the molecule is COc1c(OCC(=O)Nc2cc(C)cc(C)n2)cccc1C1SC(c2ccc(F)cc2)=NN1C(=O)c1ccccc1O. The molecule has 9 nitrogen and oxygen atoms in total. The molecule has 0 spiro atoms. The third-order valence-electron chi connectivity index (χ3n) is 6.28. The highest BCUT2D eigenvalue weighted by atomic mass is 32.2. The molecule has 1 aliphatic rings. The summed E-state index contributed by atoms with van der Waals surface area (Å²) in [5.74, 6) is -0.532. The summed E-state index contributed by atoms with van der Waals surface area (Å²) in [5.41, 5.74) is 2.96. The van der Waals surface area contributed by atoms with Crippen molar-refractivity contribution >= 4 is 34.4 Å². The number of aromatic hydroxyl groups is 1. The van der Waals surface area contributed by atoms with E-state index in [1.54, 1.807) is 48.5 Å². The first-order valence-electron chi connectivity index (χ1n) is 12.9. The molecule has 0 fully saturated rings. The Hall–Kier alpha value is -4.90. The van der Waals surface area contributed by atoms with Crippen molar-refractivity contribution in [2.24, 2.45) is 5.10 Å². The van der Waals surface area contributed by atoms with E-state index in [0.717, 1.165) is 11.3 Å². The number of anilines is 1. The fourth-order valence-electron chi connectivity index (χ4n) is 4.46. The predicted molar refractivity (Wildman–Crippen MR) is 158 cm³/mol. The Labute approximate surface area is 246 Å². The van der Waals surface area contributed by atoms with Crippen LogP contribution >= 0.6 is 11.8 Å². The Kier molecular flexibility index (Phi) is 8.39. The number of hydrazone groups is 1. The highest BCUT2D eigenvalue weighted by Crippen LogP contribution is 2.47.